The molecule has 110 valence electrons. The van der Waals surface area contributed by atoms with Gasteiger partial charge in [0.1, 0.15) is 0 Å². The molecule has 5 heteroatoms. The number of nitrogens with one attached hydrogen (secondary N) is 1. The Morgan fingerprint density at radius 2 is 2.00 bits per heavy atom. The number of rotatable bonds is 4. The predicted molar refractivity (Wildman–Crippen MR) is 73.9 cm³/mol. The second kappa shape index (κ2) is 6.78. The summed E-state index contributed by atoms with van der Waals surface area (Å²) in [7, 11) is 0. The normalized spacial score (nSPS) is 25.2. The molecule has 1 rings (SSSR count). The first kappa shape index (κ1) is 15.8. The van der Waals surface area contributed by atoms with Gasteiger partial charge in [-0.1, -0.05) is 20.8 Å². The molecular formula is C14H26N2O3. The molecule has 0 saturated carbocycles. The van der Waals surface area contributed by atoms with Crippen molar-refractivity contribution < 1.29 is 14.7 Å². The number of carbonyl (C=O) groups excluding carboxylic acids is 1. The maximum Gasteiger partial charge on any atom is 0.317 e. The van der Waals surface area contributed by atoms with Crippen molar-refractivity contribution in [1.82, 2.24) is 10.2 Å². The summed E-state index contributed by atoms with van der Waals surface area (Å²) < 4.78 is 0. The summed E-state index contributed by atoms with van der Waals surface area (Å²) in [5.74, 6) is -0.0831. The van der Waals surface area contributed by atoms with Crippen molar-refractivity contribution in [1.29, 1.82) is 0 Å². The average molecular weight is 270 g/mol. The number of carboxylic acids is 1. The van der Waals surface area contributed by atoms with E-state index in [4.69, 9.17) is 5.11 Å². The van der Waals surface area contributed by atoms with Gasteiger partial charge in [-0.25, -0.2) is 4.79 Å². The van der Waals surface area contributed by atoms with E-state index in [1.54, 1.807) is 4.90 Å². The standard InChI is InChI=1S/C14H26N2O3/c1-9(2)10(3)8-15-14(19)16-6-5-12(13(17)18)7-11(16)4/h9-12H,5-8H2,1-4H3,(H,15,19)(H,17,18). The SMILES string of the molecule is CC(C)C(C)CNC(=O)N1CCC(C(=O)O)CC1C. The van der Waals surface area contributed by atoms with Crippen molar-refractivity contribution in [3.05, 3.63) is 0 Å². The number of piperidine rings is 1. The van der Waals surface area contributed by atoms with Crippen LogP contribution in [0.25, 0.3) is 0 Å². The highest BCUT2D eigenvalue weighted by atomic mass is 16.4. The molecule has 0 aromatic rings. The van der Waals surface area contributed by atoms with Crippen LogP contribution in [0.4, 0.5) is 4.79 Å². The molecular weight excluding hydrogens is 244 g/mol. The highest BCUT2D eigenvalue weighted by Crippen LogP contribution is 2.23. The molecule has 0 aromatic carbocycles. The molecule has 0 bridgehead atoms. The first-order chi connectivity index (χ1) is 8.82. The van der Waals surface area contributed by atoms with Crippen molar-refractivity contribution in [3.63, 3.8) is 0 Å². The zero-order valence-corrected chi connectivity index (χ0v) is 12.3. The molecule has 1 aliphatic rings. The Morgan fingerprint density at radius 3 is 2.47 bits per heavy atom. The number of carbonyl (C=O) groups is 2. The molecule has 19 heavy (non-hydrogen) atoms. The minimum Gasteiger partial charge on any atom is -0.481 e. The number of urea groups is 1. The van der Waals surface area contributed by atoms with Gasteiger partial charge < -0.3 is 15.3 Å². The molecule has 1 saturated heterocycles. The lowest BCUT2D eigenvalue weighted by molar-refractivity contribution is -0.143. The Bertz CT molecular complexity index is 331. The highest BCUT2D eigenvalue weighted by Gasteiger charge is 2.32. The van der Waals surface area contributed by atoms with Crippen molar-refractivity contribution in [2.45, 2.75) is 46.6 Å². The maximum absolute atomic E-state index is 12.1. The summed E-state index contributed by atoms with van der Waals surface area (Å²) >= 11 is 0. The fraction of sp³-hybridized carbons (Fsp3) is 0.857. The van der Waals surface area contributed by atoms with Crippen LogP contribution >= 0.6 is 0 Å². The van der Waals surface area contributed by atoms with Crippen molar-refractivity contribution in [2.75, 3.05) is 13.1 Å². The van der Waals surface area contributed by atoms with Gasteiger partial charge in [0.2, 0.25) is 0 Å². The lowest BCUT2D eigenvalue weighted by Crippen LogP contribution is -2.50. The van der Waals surface area contributed by atoms with Crippen molar-refractivity contribution >= 4 is 12.0 Å². The summed E-state index contributed by atoms with van der Waals surface area (Å²) in [4.78, 5) is 24.8. The van der Waals surface area contributed by atoms with Crippen LogP contribution in [0.5, 0.6) is 0 Å². The second-order valence-electron chi connectivity index (χ2n) is 6.01. The minimum atomic E-state index is -0.750. The van der Waals surface area contributed by atoms with Gasteiger partial charge >= 0.3 is 12.0 Å². The topological polar surface area (TPSA) is 69.6 Å². The number of likely N-dealkylation sites (tertiary alicyclic amines) is 1. The van der Waals surface area contributed by atoms with E-state index in [1.807, 2.05) is 6.92 Å². The van der Waals surface area contributed by atoms with Gasteiger partial charge in [-0.2, -0.15) is 0 Å². The number of aliphatic carboxylic acids is 1. The van der Waals surface area contributed by atoms with Crippen LogP contribution in [-0.2, 0) is 4.79 Å². The van der Waals surface area contributed by atoms with Gasteiger partial charge in [0.05, 0.1) is 5.92 Å². The summed E-state index contributed by atoms with van der Waals surface area (Å²) in [6, 6.07) is -0.0759. The molecule has 0 spiro atoms. The molecule has 0 radical (unpaired) electrons. The van der Waals surface area contributed by atoms with Gasteiger partial charge in [-0.05, 0) is 31.6 Å². The molecule has 3 atom stereocenters. The number of hydrogen-bond acceptors (Lipinski definition) is 2. The molecule has 1 fully saturated rings. The third-order valence-electron chi connectivity index (χ3n) is 4.20. The van der Waals surface area contributed by atoms with E-state index in [0.717, 1.165) is 0 Å². The molecule has 2 amide bonds. The second-order valence-corrected chi connectivity index (χ2v) is 6.01. The lowest BCUT2D eigenvalue weighted by Gasteiger charge is -2.36. The van der Waals surface area contributed by atoms with Crippen LogP contribution in [0.1, 0.15) is 40.5 Å². The molecule has 3 unspecified atom stereocenters. The van der Waals surface area contributed by atoms with Gasteiger partial charge in [-0.15, -0.1) is 0 Å². The number of carboxylic acid groups (broad SMARTS) is 1. The van der Waals surface area contributed by atoms with E-state index in [2.05, 4.69) is 26.1 Å². The number of amides is 2. The van der Waals surface area contributed by atoms with E-state index in [-0.39, 0.29) is 18.0 Å². The van der Waals surface area contributed by atoms with Crippen molar-refractivity contribution in [2.24, 2.45) is 17.8 Å². The predicted octanol–water partition coefficient (Wildman–Crippen LogP) is 2.17. The van der Waals surface area contributed by atoms with Crippen LogP contribution < -0.4 is 5.32 Å². The summed E-state index contributed by atoms with van der Waals surface area (Å²) in [5, 5.41) is 11.9. The van der Waals surface area contributed by atoms with E-state index < -0.39 is 5.97 Å². The molecule has 1 aliphatic heterocycles. The van der Waals surface area contributed by atoms with Crippen molar-refractivity contribution in [3.8, 4) is 0 Å². The Morgan fingerprint density at radius 1 is 1.37 bits per heavy atom. The third kappa shape index (κ3) is 4.40. The van der Waals surface area contributed by atoms with E-state index in [9.17, 15) is 9.59 Å². The first-order valence-corrected chi connectivity index (χ1v) is 7.10. The Hall–Kier alpha value is -1.26. The van der Waals surface area contributed by atoms with E-state index in [0.29, 0.717) is 37.8 Å². The molecule has 0 aromatic heterocycles. The molecule has 2 N–H and O–H groups in total. The monoisotopic (exact) mass is 270 g/mol. The third-order valence-corrected chi connectivity index (χ3v) is 4.20. The fourth-order valence-corrected chi connectivity index (χ4v) is 2.28. The quantitative estimate of drug-likeness (QED) is 0.822. The van der Waals surface area contributed by atoms with Crippen LogP contribution in [-0.4, -0.2) is 41.1 Å². The van der Waals surface area contributed by atoms with Crippen LogP contribution in [0.2, 0.25) is 0 Å². The van der Waals surface area contributed by atoms with Gasteiger partial charge in [0.25, 0.3) is 0 Å². The first-order valence-electron chi connectivity index (χ1n) is 7.10. The average Bonchev–Trinajstić information content (AvgIpc) is 2.34. The molecule has 5 nitrogen and oxygen atoms in total. The lowest BCUT2D eigenvalue weighted by atomic mass is 9.92. The number of hydrogen-bond donors (Lipinski definition) is 2. The van der Waals surface area contributed by atoms with Crippen LogP contribution in [0.3, 0.4) is 0 Å². The van der Waals surface area contributed by atoms with Gasteiger partial charge in [0.15, 0.2) is 0 Å². The molecule has 1 heterocycles. The van der Waals surface area contributed by atoms with Gasteiger partial charge in [-0.3, -0.25) is 4.79 Å². The van der Waals surface area contributed by atoms with Gasteiger partial charge in [0, 0.05) is 19.1 Å². The Labute approximate surface area is 115 Å². The fourth-order valence-electron chi connectivity index (χ4n) is 2.28. The van der Waals surface area contributed by atoms with Crippen LogP contribution in [0, 0.1) is 17.8 Å². The van der Waals surface area contributed by atoms with E-state index in [1.165, 1.54) is 0 Å². The Kier molecular flexibility index (Phi) is 5.63. The highest BCUT2D eigenvalue weighted by molar-refractivity contribution is 5.75. The maximum atomic E-state index is 12.1. The summed E-state index contributed by atoms with van der Waals surface area (Å²) in [6.45, 7) is 9.50. The smallest absolute Gasteiger partial charge is 0.317 e. The largest absolute Gasteiger partial charge is 0.481 e. The van der Waals surface area contributed by atoms with E-state index >= 15 is 0 Å². The summed E-state index contributed by atoms with van der Waals surface area (Å²) in [5.41, 5.74) is 0. The molecule has 0 aliphatic carbocycles. The number of nitrogens with zero attached hydrogens (tertiary/aromatic N) is 1. The zero-order chi connectivity index (χ0) is 14.6. The summed E-state index contributed by atoms with van der Waals surface area (Å²) in [6.07, 6.45) is 1.09. The minimum absolute atomic E-state index is 0.00999. The zero-order valence-electron chi connectivity index (χ0n) is 12.3. The van der Waals surface area contributed by atoms with Crippen LogP contribution in [0.15, 0.2) is 0 Å². The Balaban J connectivity index is 2.44.